The second kappa shape index (κ2) is 14.2. The second-order valence-electron chi connectivity index (χ2n) is 11.0. The molecule has 0 aromatic heterocycles. The van der Waals surface area contributed by atoms with Crippen LogP contribution in [0.1, 0.15) is 38.8 Å². The molecule has 0 unspecified atom stereocenters. The molecule has 3 aromatic carbocycles. The van der Waals surface area contributed by atoms with E-state index in [9.17, 15) is 18.0 Å². The lowest BCUT2D eigenvalue weighted by Gasteiger charge is -2.35. The predicted molar refractivity (Wildman–Crippen MR) is 165 cm³/mol. The summed E-state index contributed by atoms with van der Waals surface area (Å²) in [6, 6.07) is 22.2. The molecule has 226 valence electrons. The summed E-state index contributed by atoms with van der Waals surface area (Å²) < 4.78 is 37.8. The maximum absolute atomic E-state index is 14.2. The van der Waals surface area contributed by atoms with Crippen molar-refractivity contribution in [3.63, 3.8) is 0 Å². The minimum absolute atomic E-state index is 0.0615. The molecule has 0 aliphatic heterocycles. The van der Waals surface area contributed by atoms with Gasteiger partial charge >= 0.3 is 0 Å². The van der Waals surface area contributed by atoms with E-state index in [1.165, 1.54) is 4.90 Å². The summed E-state index contributed by atoms with van der Waals surface area (Å²) >= 11 is 0. The van der Waals surface area contributed by atoms with Crippen LogP contribution in [0.2, 0.25) is 0 Å². The summed E-state index contributed by atoms with van der Waals surface area (Å²) in [5.74, 6) is 0.324. The molecule has 0 aliphatic rings. The van der Waals surface area contributed by atoms with Crippen molar-refractivity contribution >= 4 is 27.5 Å². The second-order valence-corrected chi connectivity index (χ2v) is 12.9. The first-order valence-corrected chi connectivity index (χ1v) is 15.6. The van der Waals surface area contributed by atoms with E-state index in [0.717, 1.165) is 21.7 Å². The van der Waals surface area contributed by atoms with Gasteiger partial charge in [0.15, 0.2) is 0 Å². The van der Waals surface area contributed by atoms with Crippen LogP contribution in [0.15, 0.2) is 78.9 Å². The summed E-state index contributed by atoms with van der Waals surface area (Å²) in [6.07, 6.45) is 1.29. The van der Waals surface area contributed by atoms with Crippen LogP contribution in [0.3, 0.4) is 0 Å². The van der Waals surface area contributed by atoms with Gasteiger partial charge in [0.05, 0.1) is 25.7 Å². The molecular formula is C32H41N3O6S. The summed E-state index contributed by atoms with van der Waals surface area (Å²) in [4.78, 5) is 29.4. The molecule has 0 aliphatic carbocycles. The highest BCUT2D eigenvalue weighted by molar-refractivity contribution is 7.92. The minimum atomic E-state index is -3.86. The number of carbonyl (C=O) groups excluding carboxylic acids is 2. The summed E-state index contributed by atoms with van der Waals surface area (Å²) in [5.41, 5.74) is 1.35. The van der Waals surface area contributed by atoms with Crippen molar-refractivity contribution in [2.75, 3.05) is 30.8 Å². The predicted octanol–water partition coefficient (Wildman–Crippen LogP) is 4.41. The Kier molecular flexibility index (Phi) is 11.0. The van der Waals surface area contributed by atoms with Crippen LogP contribution in [-0.2, 0) is 32.6 Å². The Hall–Kier alpha value is -4.05. The van der Waals surface area contributed by atoms with Crippen LogP contribution in [0, 0.1) is 0 Å². The molecule has 3 rings (SSSR count). The standard InChI is InChI=1S/C32H41N3O6S/c1-7-41-27-18-16-26(17-19-27)35(42(6,38)39)23-30(36)34(22-25-14-11-15-28(20-25)40-5)29(31(37)33-32(2,3)4)21-24-12-9-8-10-13-24/h8-20,29H,7,21-23H2,1-6H3,(H,33,37)/t29-/m1/s1. The zero-order valence-corrected chi connectivity index (χ0v) is 26.0. The SMILES string of the molecule is CCOc1ccc(N(CC(=O)N(Cc2cccc(OC)c2)[C@H](Cc2ccccc2)C(=O)NC(C)(C)C)S(C)(=O)=O)cc1. The average molecular weight is 596 g/mol. The van der Waals surface area contributed by atoms with E-state index < -0.39 is 34.1 Å². The number of hydrogen-bond acceptors (Lipinski definition) is 6. The van der Waals surface area contributed by atoms with Gasteiger partial charge in [0.1, 0.15) is 24.1 Å². The Morgan fingerprint density at radius 2 is 1.55 bits per heavy atom. The molecule has 2 amide bonds. The quantitative estimate of drug-likeness (QED) is 0.314. The zero-order chi connectivity index (χ0) is 30.9. The number of nitrogens with one attached hydrogen (secondary N) is 1. The van der Waals surface area contributed by atoms with Gasteiger partial charge in [-0.3, -0.25) is 13.9 Å². The van der Waals surface area contributed by atoms with Gasteiger partial charge in [-0.2, -0.15) is 0 Å². The molecule has 42 heavy (non-hydrogen) atoms. The number of methoxy groups -OCH3 is 1. The molecule has 3 aromatic rings. The highest BCUT2D eigenvalue weighted by Gasteiger charge is 2.34. The molecule has 9 nitrogen and oxygen atoms in total. The normalized spacial score (nSPS) is 12.2. The molecule has 1 N–H and O–H groups in total. The van der Waals surface area contributed by atoms with Crippen LogP contribution in [0.5, 0.6) is 11.5 Å². The van der Waals surface area contributed by atoms with E-state index in [2.05, 4.69) is 5.32 Å². The van der Waals surface area contributed by atoms with Gasteiger partial charge < -0.3 is 19.7 Å². The molecule has 10 heteroatoms. The van der Waals surface area contributed by atoms with E-state index >= 15 is 0 Å². The van der Waals surface area contributed by atoms with Crippen molar-refractivity contribution in [3.05, 3.63) is 90.0 Å². The fraction of sp³-hybridized carbons (Fsp3) is 0.375. The number of amides is 2. The Bertz CT molecular complexity index is 1440. The average Bonchev–Trinajstić information content (AvgIpc) is 2.93. The highest BCUT2D eigenvalue weighted by Crippen LogP contribution is 2.24. The maximum Gasteiger partial charge on any atom is 0.244 e. The third kappa shape index (κ3) is 9.51. The summed E-state index contributed by atoms with van der Waals surface area (Å²) in [6.45, 7) is 7.50. The Labute approximate surface area is 249 Å². The van der Waals surface area contributed by atoms with Gasteiger partial charge in [-0.05, 0) is 75.2 Å². The summed E-state index contributed by atoms with van der Waals surface area (Å²) in [5, 5.41) is 3.01. The van der Waals surface area contributed by atoms with Crippen LogP contribution in [0.4, 0.5) is 5.69 Å². The monoisotopic (exact) mass is 595 g/mol. The molecule has 0 saturated carbocycles. The fourth-order valence-electron chi connectivity index (χ4n) is 4.46. The van der Waals surface area contributed by atoms with Crippen molar-refractivity contribution in [2.24, 2.45) is 0 Å². The molecule has 0 bridgehead atoms. The molecule has 0 radical (unpaired) electrons. The number of hydrogen-bond donors (Lipinski definition) is 1. The number of anilines is 1. The minimum Gasteiger partial charge on any atom is -0.497 e. The third-order valence-corrected chi connectivity index (χ3v) is 7.51. The van der Waals surface area contributed by atoms with Crippen molar-refractivity contribution in [2.45, 2.75) is 52.2 Å². The van der Waals surface area contributed by atoms with Gasteiger partial charge in [-0.1, -0.05) is 42.5 Å². The first kappa shape index (κ1) is 32.5. The van der Waals surface area contributed by atoms with E-state index in [0.29, 0.717) is 23.8 Å². The lowest BCUT2D eigenvalue weighted by molar-refractivity contribution is -0.140. The topological polar surface area (TPSA) is 105 Å². The van der Waals surface area contributed by atoms with E-state index in [-0.39, 0.29) is 18.9 Å². The van der Waals surface area contributed by atoms with Crippen LogP contribution < -0.4 is 19.1 Å². The zero-order valence-electron chi connectivity index (χ0n) is 25.2. The third-order valence-electron chi connectivity index (χ3n) is 6.37. The van der Waals surface area contributed by atoms with Gasteiger partial charge in [0.25, 0.3) is 0 Å². The van der Waals surface area contributed by atoms with Crippen LogP contribution in [-0.4, -0.2) is 63.2 Å². The smallest absolute Gasteiger partial charge is 0.244 e. The van der Waals surface area contributed by atoms with Crippen LogP contribution in [0.25, 0.3) is 0 Å². The first-order valence-electron chi connectivity index (χ1n) is 13.8. The fourth-order valence-corrected chi connectivity index (χ4v) is 5.31. The Morgan fingerprint density at radius 1 is 0.905 bits per heavy atom. The molecular weight excluding hydrogens is 554 g/mol. The van der Waals surface area contributed by atoms with Crippen molar-refractivity contribution in [3.8, 4) is 11.5 Å². The number of sulfonamides is 1. The van der Waals surface area contributed by atoms with Gasteiger partial charge in [0.2, 0.25) is 21.8 Å². The first-order chi connectivity index (χ1) is 19.8. The molecule has 1 atom stereocenters. The molecule has 0 fully saturated rings. The van der Waals surface area contributed by atoms with E-state index in [4.69, 9.17) is 9.47 Å². The lowest BCUT2D eigenvalue weighted by atomic mass is 10.0. The van der Waals surface area contributed by atoms with Crippen molar-refractivity contribution in [1.29, 1.82) is 0 Å². The Balaban J connectivity index is 2.06. The van der Waals surface area contributed by atoms with Crippen LogP contribution >= 0.6 is 0 Å². The number of rotatable bonds is 13. The van der Waals surface area contributed by atoms with E-state index in [1.807, 2.05) is 64.1 Å². The number of nitrogens with zero attached hydrogens (tertiary/aromatic N) is 2. The maximum atomic E-state index is 14.2. The highest BCUT2D eigenvalue weighted by atomic mass is 32.2. The molecule has 0 heterocycles. The van der Waals surface area contributed by atoms with Gasteiger partial charge in [-0.25, -0.2) is 8.42 Å². The number of carbonyl (C=O) groups is 2. The summed E-state index contributed by atoms with van der Waals surface area (Å²) in [7, 11) is -2.31. The van der Waals surface area contributed by atoms with E-state index in [1.54, 1.807) is 49.6 Å². The largest absolute Gasteiger partial charge is 0.497 e. The Morgan fingerprint density at radius 3 is 2.12 bits per heavy atom. The van der Waals surface area contributed by atoms with Gasteiger partial charge in [0, 0.05) is 18.5 Å². The molecule has 0 spiro atoms. The van der Waals surface area contributed by atoms with Gasteiger partial charge in [-0.15, -0.1) is 0 Å². The molecule has 0 saturated heterocycles. The van der Waals surface area contributed by atoms with Crippen molar-refractivity contribution < 1.29 is 27.5 Å². The van der Waals surface area contributed by atoms with Crippen molar-refractivity contribution in [1.82, 2.24) is 10.2 Å². The number of benzene rings is 3. The lowest BCUT2D eigenvalue weighted by Crippen LogP contribution is -2.56. The number of ether oxygens (including phenoxy) is 2.